The summed E-state index contributed by atoms with van der Waals surface area (Å²) in [5, 5.41) is 2.02. The summed E-state index contributed by atoms with van der Waals surface area (Å²) in [6, 6.07) is 14.5. The van der Waals surface area contributed by atoms with Crippen LogP contribution in [0.5, 0.6) is 0 Å². The normalized spacial score (nSPS) is 20.1. The Morgan fingerprint density at radius 3 is 2.53 bits per heavy atom. The summed E-state index contributed by atoms with van der Waals surface area (Å²) in [6.07, 6.45) is 7.19. The first-order valence-corrected chi connectivity index (χ1v) is 12.6. The van der Waals surface area contributed by atoms with Crippen LogP contribution < -0.4 is 0 Å². The van der Waals surface area contributed by atoms with Crippen LogP contribution in [0.4, 0.5) is 0 Å². The number of hydrogen-bond donors (Lipinski definition) is 0. The number of thiophene rings is 1. The highest BCUT2D eigenvalue weighted by atomic mass is 32.1. The van der Waals surface area contributed by atoms with E-state index in [0.29, 0.717) is 12.3 Å². The van der Waals surface area contributed by atoms with Crippen LogP contribution >= 0.6 is 11.3 Å². The van der Waals surface area contributed by atoms with E-state index in [0.717, 1.165) is 70.0 Å². The van der Waals surface area contributed by atoms with Crippen LogP contribution in [0.25, 0.3) is 6.08 Å². The lowest BCUT2D eigenvalue weighted by Gasteiger charge is -2.36. The Balaban J connectivity index is 1.17. The lowest BCUT2D eigenvalue weighted by Crippen LogP contribution is -2.48. The van der Waals surface area contributed by atoms with Gasteiger partial charge in [-0.2, -0.15) is 0 Å². The molecule has 0 spiro atoms. The third kappa shape index (κ3) is 6.53. The molecule has 1 unspecified atom stereocenters. The van der Waals surface area contributed by atoms with Gasteiger partial charge in [-0.3, -0.25) is 14.5 Å². The van der Waals surface area contributed by atoms with E-state index in [2.05, 4.69) is 29.2 Å². The van der Waals surface area contributed by atoms with Gasteiger partial charge >= 0.3 is 0 Å². The van der Waals surface area contributed by atoms with Crippen molar-refractivity contribution in [3.63, 3.8) is 0 Å². The Morgan fingerprint density at radius 2 is 1.78 bits per heavy atom. The smallest absolute Gasteiger partial charge is 0.246 e. The number of rotatable bonds is 7. The van der Waals surface area contributed by atoms with Crippen LogP contribution in [0.1, 0.15) is 36.1 Å². The van der Waals surface area contributed by atoms with E-state index in [-0.39, 0.29) is 11.8 Å². The fraction of sp³-hybridized carbons (Fsp3) is 0.462. The molecule has 2 saturated heterocycles. The molecule has 2 aliphatic heterocycles. The van der Waals surface area contributed by atoms with Gasteiger partial charge in [0.15, 0.2) is 0 Å². The largest absolute Gasteiger partial charge is 0.340 e. The van der Waals surface area contributed by atoms with Crippen molar-refractivity contribution in [3.05, 3.63) is 64.4 Å². The van der Waals surface area contributed by atoms with Gasteiger partial charge < -0.3 is 9.80 Å². The molecular formula is C26H33N3O2S. The van der Waals surface area contributed by atoms with Gasteiger partial charge in [0, 0.05) is 63.2 Å². The Morgan fingerprint density at radius 1 is 0.969 bits per heavy atom. The van der Waals surface area contributed by atoms with E-state index in [1.165, 1.54) is 5.56 Å². The van der Waals surface area contributed by atoms with Gasteiger partial charge in [-0.25, -0.2) is 0 Å². The van der Waals surface area contributed by atoms with Gasteiger partial charge in [0.05, 0.1) is 0 Å². The first-order chi connectivity index (χ1) is 15.7. The van der Waals surface area contributed by atoms with Gasteiger partial charge in [-0.1, -0.05) is 36.4 Å². The van der Waals surface area contributed by atoms with Crippen molar-refractivity contribution in [3.8, 4) is 0 Å². The van der Waals surface area contributed by atoms with Crippen molar-refractivity contribution in [2.75, 3.05) is 39.3 Å². The monoisotopic (exact) mass is 451 g/mol. The molecule has 0 bridgehead atoms. The zero-order valence-electron chi connectivity index (χ0n) is 18.7. The van der Waals surface area contributed by atoms with Crippen LogP contribution in [-0.2, 0) is 16.1 Å². The second-order valence-electron chi connectivity index (χ2n) is 8.82. The molecule has 0 aliphatic carbocycles. The van der Waals surface area contributed by atoms with E-state index in [1.54, 1.807) is 17.4 Å². The van der Waals surface area contributed by atoms with Crippen molar-refractivity contribution >= 4 is 29.2 Å². The van der Waals surface area contributed by atoms with E-state index in [4.69, 9.17) is 0 Å². The van der Waals surface area contributed by atoms with E-state index >= 15 is 0 Å². The topological polar surface area (TPSA) is 43.9 Å². The molecule has 1 aromatic heterocycles. The standard InChI is InChI=1S/C26H33N3O2S/c30-25(28-17-15-27(16-18-28)20-22-6-2-1-3-7-22)12-10-23-8-4-14-29(21-23)26(31)13-11-24-9-5-19-32-24/h1-3,5-7,9,11,13,19,23H,4,8,10,12,14-18,20-21H2/b13-11+. The molecule has 0 N–H and O–H groups in total. The quantitative estimate of drug-likeness (QED) is 0.595. The summed E-state index contributed by atoms with van der Waals surface area (Å²) in [7, 11) is 0. The molecule has 32 heavy (non-hydrogen) atoms. The Labute approximate surface area is 195 Å². The Hall–Kier alpha value is -2.44. The van der Waals surface area contributed by atoms with Crippen molar-refractivity contribution in [1.82, 2.24) is 14.7 Å². The minimum atomic E-state index is 0.0870. The second-order valence-corrected chi connectivity index (χ2v) is 9.80. The zero-order chi connectivity index (χ0) is 22.2. The number of benzene rings is 1. The van der Waals surface area contributed by atoms with Gasteiger partial charge in [0.25, 0.3) is 0 Å². The molecular weight excluding hydrogens is 418 g/mol. The molecule has 170 valence electrons. The second kappa shape index (κ2) is 11.4. The summed E-state index contributed by atoms with van der Waals surface area (Å²) in [4.78, 5) is 32.8. The van der Waals surface area contributed by atoms with E-state index in [9.17, 15) is 9.59 Å². The van der Waals surface area contributed by atoms with Crippen LogP contribution in [0, 0.1) is 5.92 Å². The van der Waals surface area contributed by atoms with E-state index < -0.39 is 0 Å². The molecule has 6 heteroatoms. The number of nitrogens with zero attached hydrogens (tertiary/aromatic N) is 3. The van der Waals surface area contributed by atoms with E-state index in [1.807, 2.05) is 39.5 Å². The summed E-state index contributed by atoms with van der Waals surface area (Å²) < 4.78 is 0. The predicted octanol–water partition coefficient (Wildman–Crippen LogP) is 4.12. The third-order valence-corrected chi connectivity index (χ3v) is 7.34. The molecule has 2 aromatic rings. The fourth-order valence-electron chi connectivity index (χ4n) is 4.63. The average Bonchev–Trinajstić information content (AvgIpc) is 3.36. The molecule has 0 radical (unpaired) electrons. The number of amides is 2. The predicted molar refractivity (Wildman–Crippen MR) is 130 cm³/mol. The summed E-state index contributed by atoms with van der Waals surface area (Å²) in [6.45, 7) is 6.04. The molecule has 2 aliphatic rings. The van der Waals surface area contributed by atoms with Gasteiger partial charge in [0.2, 0.25) is 11.8 Å². The van der Waals surface area contributed by atoms with Crippen molar-refractivity contribution < 1.29 is 9.59 Å². The summed E-state index contributed by atoms with van der Waals surface area (Å²) in [5.74, 6) is 0.778. The number of piperidine rings is 1. The number of likely N-dealkylation sites (tertiary alicyclic amines) is 1. The fourth-order valence-corrected chi connectivity index (χ4v) is 5.25. The number of carbonyl (C=O) groups excluding carboxylic acids is 2. The van der Waals surface area contributed by atoms with Crippen LogP contribution in [0.3, 0.4) is 0 Å². The lowest BCUT2D eigenvalue weighted by molar-refractivity contribution is -0.133. The van der Waals surface area contributed by atoms with Crippen molar-refractivity contribution in [2.24, 2.45) is 5.92 Å². The highest BCUT2D eigenvalue weighted by molar-refractivity contribution is 7.10. The van der Waals surface area contributed by atoms with Gasteiger partial charge in [-0.15, -0.1) is 11.3 Å². The summed E-state index contributed by atoms with van der Waals surface area (Å²) >= 11 is 1.63. The van der Waals surface area contributed by atoms with Gasteiger partial charge in [-0.05, 0) is 48.3 Å². The first kappa shape index (κ1) is 22.7. The molecule has 2 fully saturated rings. The molecule has 1 atom stereocenters. The number of hydrogen-bond acceptors (Lipinski definition) is 4. The first-order valence-electron chi connectivity index (χ1n) is 11.7. The molecule has 4 rings (SSSR count). The maximum atomic E-state index is 12.8. The van der Waals surface area contributed by atoms with Gasteiger partial charge in [0.1, 0.15) is 0 Å². The zero-order valence-corrected chi connectivity index (χ0v) is 19.5. The number of carbonyl (C=O) groups is 2. The molecule has 5 nitrogen and oxygen atoms in total. The third-order valence-electron chi connectivity index (χ3n) is 6.50. The Kier molecular flexibility index (Phi) is 8.13. The SMILES string of the molecule is O=C(/C=C/c1cccs1)N1CCCC(CCC(=O)N2CCN(Cc3ccccc3)CC2)C1. The average molecular weight is 452 g/mol. The highest BCUT2D eigenvalue weighted by Gasteiger charge is 2.25. The highest BCUT2D eigenvalue weighted by Crippen LogP contribution is 2.22. The van der Waals surface area contributed by atoms with Crippen molar-refractivity contribution in [1.29, 1.82) is 0 Å². The maximum Gasteiger partial charge on any atom is 0.246 e. The lowest BCUT2D eigenvalue weighted by atomic mass is 9.93. The Bertz CT molecular complexity index is 889. The maximum absolute atomic E-state index is 12.8. The molecule has 0 saturated carbocycles. The molecule has 1 aromatic carbocycles. The number of piperazine rings is 1. The minimum Gasteiger partial charge on any atom is -0.340 e. The molecule has 2 amide bonds. The minimum absolute atomic E-state index is 0.0870. The van der Waals surface area contributed by atoms with Crippen LogP contribution in [0.15, 0.2) is 53.9 Å². The molecule has 3 heterocycles. The van der Waals surface area contributed by atoms with Crippen LogP contribution in [-0.4, -0.2) is 65.8 Å². The van der Waals surface area contributed by atoms with Crippen molar-refractivity contribution in [2.45, 2.75) is 32.2 Å². The summed E-state index contributed by atoms with van der Waals surface area (Å²) in [5.41, 5.74) is 1.33. The van der Waals surface area contributed by atoms with Crippen LogP contribution in [0.2, 0.25) is 0 Å².